The molecule has 1 atom stereocenters. The van der Waals surface area contributed by atoms with E-state index in [1.807, 2.05) is 11.5 Å². The molecule has 0 radical (unpaired) electrons. The number of furan rings is 1. The largest absolute Gasteiger partial charge is 0.465 e. The third-order valence-electron chi connectivity index (χ3n) is 3.96. The summed E-state index contributed by atoms with van der Waals surface area (Å²) in [6.45, 7) is 5.39. The molecule has 0 bridgehead atoms. The van der Waals surface area contributed by atoms with Gasteiger partial charge in [0.15, 0.2) is 5.76 Å². The number of imidazole rings is 1. The van der Waals surface area contributed by atoms with E-state index < -0.39 is 5.92 Å². The quantitative estimate of drug-likeness (QED) is 0.804. The Labute approximate surface area is 133 Å². The topological polar surface area (TPSA) is 77.6 Å². The first-order chi connectivity index (χ1) is 11.2. The molecule has 0 unspecified atom stereocenters. The molecule has 2 aromatic rings. The summed E-state index contributed by atoms with van der Waals surface area (Å²) in [5, 5.41) is 0. The lowest BCUT2D eigenvalue weighted by molar-refractivity contribution is -0.145. The van der Waals surface area contributed by atoms with Gasteiger partial charge in [-0.05, 0) is 26.0 Å². The van der Waals surface area contributed by atoms with E-state index in [0.29, 0.717) is 19.7 Å². The highest BCUT2D eigenvalue weighted by Gasteiger charge is 2.37. The standard InChI is InChI=1S/C16H19N3O4/c1-3-18-10-17-12-9-19(15(20)13-6-5-7-23-13)8-11(14(12)18)16(21)22-4-2/h5-7,10-11H,3-4,8-9H2,1-2H3/t11-/m1/s1. The lowest BCUT2D eigenvalue weighted by Crippen LogP contribution is -2.41. The average Bonchev–Trinajstić information content (AvgIpc) is 3.22. The third kappa shape index (κ3) is 2.74. The minimum Gasteiger partial charge on any atom is -0.465 e. The van der Waals surface area contributed by atoms with Crippen LogP contribution in [0.1, 0.15) is 41.7 Å². The van der Waals surface area contributed by atoms with Crippen molar-refractivity contribution in [3.05, 3.63) is 41.9 Å². The van der Waals surface area contributed by atoms with E-state index in [4.69, 9.17) is 9.15 Å². The number of esters is 1. The molecule has 0 aliphatic carbocycles. The predicted octanol–water partition coefficient (Wildman–Crippen LogP) is 1.80. The van der Waals surface area contributed by atoms with E-state index in [1.165, 1.54) is 6.26 Å². The lowest BCUT2D eigenvalue weighted by atomic mass is 9.98. The molecule has 1 aliphatic heterocycles. The van der Waals surface area contributed by atoms with Crippen LogP contribution in [0, 0.1) is 0 Å². The van der Waals surface area contributed by atoms with Crippen LogP contribution in [0.5, 0.6) is 0 Å². The number of carbonyl (C=O) groups excluding carboxylic acids is 2. The Morgan fingerprint density at radius 2 is 2.26 bits per heavy atom. The fourth-order valence-corrected chi connectivity index (χ4v) is 2.90. The summed E-state index contributed by atoms with van der Waals surface area (Å²) in [5.74, 6) is -0.854. The van der Waals surface area contributed by atoms with Gasteiger partial charge in [0.25, 0.3) is 5.91 Å². The van der Waals surface area contributed by atoms with Gasteiger partial charge in [-0.1, -0.05) is 0 Å². The van der Waals surface area contributed by atoms with Crippen molar-refractivity contribution < 1.29 is 18.7 Å². The van der Waals surface area contributed by atoms with Gasteiger partial charge < -0.3 is 18.6 Å². The highest BCUT2D eigenvalue weighted by molar-refractivity contribution is 5.92. The van der Waals surface area contributed by atoms with Crippen molar-refractivity contribution in [2.45, 2.75) is 32.9 Å². The summed E-state index contributed by atoms with van der Waals surface area (Å²) in [7, 11) is 0. The summed E-state index contributed by atoms with van der Waals surface area (Å²) in [5.41, 5.74) is 1.57. The third-order valence-corrected chi connectivity index (χ3v) is 3.96. The first kappa shape index (κ1) is 15.3. The molecule has 0 aromatic carbocycles. The van der Waals surface area contributed by atoms with Crippen molar-refractivity contribution in [2.75, 3.05) is 13.2 Å². The Morgan fingerprint density at radius 3 is 2.91 bits per heavy atom. The number of nitrogens with zero attached hydrogens (tertiary/aromatic N) is 3. The number of aromatic nitrogens is 2. The minimum atomic E-state index is -0.528. The fourth-order valence-electron chi connectivity index (χ4n) is 2.90. The Morgan fingerprint density at radius 1 is 1.43 bits per heavy atom. The van der Waals surface area contributed by atoms with Gasteiger partial charge in [0, 0.05) is 13.1 Å². The van der Waals surface area contributed by atoms with Gasteiger partial charge >= 0.3 is 5.97 Å². The summed E-state index contributed by atoms with van der Waals surface area (Å²) in [6.07, 6.45) is 3.16. The van der Waals surface area contributed by atoms with Gasteiger partial charge in [-0.3, -0.25) is 9.59 Å². The maximum atomic E-state index is 12.5. The molecule has 0 saturated heterocycles. The monoisotopic (exact) mass is 317 g/mol. The van der Waals surface area contributed by atoms with Crippen LogP contribution in [-0.2, 0) is 22.6 Å². The summed E-state index contributed by atoms with van der Waals surface area (Å²) in [6, 6.07) is 3.28. The Balaban J connectivity index is 1.93. The van der Waals surface area contributed by atoms with Crippen LogP contribution in [-0.4, -0.2) is 39.5 Å². The molecule has 1 aliphatic rings. The van der Waals surface area contributed by atoms with Crippen LogP contribution >= 0.6 is 0 Å². The zero-order valence-electron chi connectivity index (χ0n) is 13.2. The number of fused-ring (bicyclic) bond motifs is 1. The maximum absolute atomic E-state index is 12.5. The second-order valence-corrected chi connectivity index (χ2v) is 5.33. The van der Waals surface area contributed by atoms with E-state index in [9.17, 15) is 9.59 Å². The number of rotatable bonds is 4. The molecule has 0 N–H and O–H groups in total. The summed E-state index contributed by atoms with van der Waals surface area (Å²) in [4.78, 5) is 30.8. The van der Waals surface area contributed by atoms with Gasteiger partial charge in [-0.15, -0.1) is 0 Å². The van der Waals surface area contributed by atoms with Gasteiger partial charge in [0.2, 0.25) is 0 Å². The van der Waals surface area contributed by atoms with Crippen molar-refractivity contribution in [3.63, 3.8) is 0 Å². The first-order valence-electron chi connectivity index (χ1n) is 7.69. The number of hydrogen-bond acceptors (Lipinski definition) is 5. The van der Waals surface area contributed by atoms with Crippen molar-refractivity contribution >= 4 is 11.9 Å². The van der Waals surface area contributed by atoms with Gasteiger partial charge in [0.1, 0.15) is 5.92 Å². The highest BCUT2D eigenvalue weighted by atomic mass is 16.5. The van der Waals surface area contributed by atoms with Gasteiger partial charge in [-0.2, -0.15) is 0 Å². The van der Waals surface area contributed by atoms with Gasteiger partial charge in [0.05, 0.1) is 37.1 Å². The molecule has 3 heterocycles. The number of carbonyl (C=O) groups is 2. The van der Waals surface area contributed by atoms with Crippen LogP contribution in [0.15, 0.2) is 29.1 Å². The normalized spacial score (nSPS) is 17.0. The SMILES string of the molecule is CCOC(=O)[C@@H]1CN(C(=O)c2ccco2)Cc2ncn(CC)c21. The average molecular weight is 317 g/mol. The highest BCUT2D eigenvalue weighted by Crippen LogP contribution is 2.30. The summed E-state index contributed by atoms with van der Waals surface area (Å²) >= 11 is 0. The summed E-state index contributed by atoms with van der Waals surface area (Å²) < 4.78 is 12.3. The Kier molecular flexibility index (Phi) is 4.18. The number of hydrogen-bond donors (Lipinski definition) is 0. The maximum Gasteiger partial charge on any atom is 0.316 e. The van der Waals surface area contributed by atoms with Crippen molar-refractivity contribution in [2.24, 2.45) is 0 Å². The van der Waals surface area contributed by atoms with Crippen LogP contribution < -0.4 is 0 Å². The first-order valence-corrected chi connectivity index (χ1v) is 7.69. The Bertz CT molecular complexity index is 705. The van der Waals surface area contributed by atoms with Gasteiger partial charge in [-0.25, -0.2) is 4.98 Å². The van der Waals surface area contributed by atoms with E-state index in [2.05, 4.69) is 4.98 Å². The second kappa shape index (κ2) is 6.28. The molecular formula is C16H19N3O4. The number of ether oxygens (including phenoxy) is 1. The molecule has 1 amide bonds. The van der Waals surface area contributed by atoms with Crippen molar-refractivity contribution in [1.29, 1.82) is 0 Å². The van der Waals surface area contributed by atoms with E-state index in [0.717, 1.165) is 11.4 Å². The lowest BCUT2D eigenvalue weighted by Gasteiger charge is -2.31. The molecule has 0 saturated carbocycles. The molecule has 122 valence electrons. The molecule has 3 rings (SSSR count). The van der Waals surface area contributed by atoms with Crippen LogP contribution in [0.4, 0.5) is 0 Å². The Hall–Kier alpha value is -2.57. The zero-order valence-corrected chi connectivity index (χ0v) is 13.2. The van der Waals surface area contributed by atoms with E-state index in [-0.39, 0.29) is 24.2 Å². The van der Waals surface area contributed by atoms with Crippen molar-refractivity contribution in [3.8, 4) is 0 Å². The molecule has 0 spiro atoms. The number of aryl methyl sites for hydroxylation is 1. The van der Waals surface area contributed by atoms with Crippen molar-refractivity contribution in [1.82, 2.24) is 14.5 Å². The fraction of sp³-hybridized carbons (Fsp3) is 0.438. The molecule has 23 heavy (non-hydrogen) atoms. The molecule has 2 aromatic heterocycles. The predicted molar refractivity (Wildman–Crippen MR) is 80.7 cm³/mol. The smallest absolute Gasteiger partial charge is 0.316 e. The second-order valence-electron chi connectivity index (χ2n) is 5.33. The molecule has 7 heteroatoms. The number of amides is 1. The minimum absolute atomic E-state index is 0.249. The molecular weight excluding hydrogens is 298 g/mol. The van der Waals surface area contributed by atoms with E-state index >= 15 is 0 Å². The van der Waals surface area contributed by atoms with Crippen LogP contribution in [0.2, 0.25) is 0 Å². The van der Waals surface area contributed by atoms with E-state index in [1.54, 1.807) is 30.3 Å². The van der Waals surface area contributed by atoms with Crippen LogP contribution in [0.3, 0.4) is 0 Å². The molecule has 7 nitrogen and oxygen atoms in total. The molecule has 0 fully saturated rings. The zero-order chi connectivity index (χ0) is 16.4. The van der Waals surface area contributed by atoms with Crippen LogP contribution in [0.25, 0.3) is 0 Å².